The van der Waals surface area contributed by atoms with Gasteiger partial charge in [0.15, 0.2) is 5.58 Å². The molecule has 0 unspecified atom stereocenters. The molecule has 0 radical (unpaired) electrons. The molecule has 0 fully saturated rings. The zero-order chi connectivity index (χ0) is 36.4. The topological polar surface area (TPSA) is 48.8 Å². The Morgan fingerprint density at radius 2 is 1.09 bits per heavy atom. The van der Waals surface area contributed by atoms with Crippen LogP contribution in [0.25, 0.3) is 88.6 Å². The normalized spacial score (nSPS) is 14.5. The quantitative estimate of drug-likeness (QED) is 0.208. The van der Waals surface area contributed by atoms with Crippen molar-refractivity contribution in [3.8, 4) is 22.9 Å². The molecule has 5 nitrogen and oxygen atoms in total. The molecule has 0 saturated carbocycles. The molecule has 4 heterocycles. The lowest BCUT2D eigenvalue weighted by Crippen LogP contribution is -2.04. The summed E-state index contributed by atoms with van der Waals surface area (Å²) in [5, 5.41) is 2.81. The van der Waals surface area contributed by atoms with Gasteiger partial charge in [-0.1, -0.05) is 103 Å². The van der Waals surface area contributed by atoms with Crippen LogP contribution in [0, 0.1) is 0 Å². The zero-order valence-corrected chi connectivity index (χ0v) is 23.4. The van der Waals surface area contributed by atoms with Crippen molar-refractivity contribution < 1.29 is 15.4 Å². The van der Waals surface area contributed by atoms with E-state index in [1.54, 1.807) is 12.1 Å². The third kappa shape index (κ3) is 3.38. The van der Waals surface area contributed by atoms with Crippen LogP contribution in [0.2, 0.25) is 0 Å². The van der Waals surface area contributed by atoms with Gasteiger partial charge in [-0.25, -0.2) is 9.97 Å². The molecular formula is C40H24N4O. The van der Waals surface area contributed by atoms with Crippen LogP contribution < -0.4 is 0 Å². The molecule has 4 aromatic heterocycles. The highest BCUT2D eigenvalue weighted by Crippen LogP contribution is 2.40. The SMILES string of the molecule is [2H]c1c([2H])c([2H])c2c(c1[2H])c1c([2H])c([2H])c([2H])c([2H])c1n2-c1ccccc1-c1nc(-n2c3ccccc3c3ccccc32)nc2c1oc1ccccc12. The smallest absolute Gasteiger partial charge is 0.236 e. The molecule has 10 aromatic rings. The lowest BCUT2D eigenvalue weighted by Gasteiger charge is -2.15. The fraction of sp³-hybridized carbons (Fsp3) is 0. The van der Waals surface area contributed by atoms with E-state index in [4.69, 9.17) is 25.4 Å². The van der Waals surface area contributed by atoms with Crippen LogP contribution in [-0.4, -0.2) is 19.1 Å². The van der Waals surface area contributed by atoms with Crippen LogP contribution >= 0.6 is 0 Å². The number of rotatable bonds is 3. The molecule has 6 aromatic carbocycles. The zero-order valence-electron chi connectivity index (χ0n) is 31.4. The number of benzene rings is 6. The Bertz CT molecular complexity index is 3110. The minimum Gasteiger partial charge on any atom is -0.452 e. The molecule has 10 rings (SSSR count). The van der Waals surface area contributed by atoms with E-state index in [2.05, 4.69) is 12.1 Å². The van der Waals surface area contributed by atoms with Crippen molar-refractivity contribution in [1.29, 1.82) is 0 Å². The Labute approximate surface area is 268 Å². The van der Waals surface area contributed by atoms with Gasteiger partial charge < -0.3 is 8.98 Å². The first-order chi connectivity index (χ1) is 25.7. The molecule has 0 aliphatic heterocycles. The van der Waals surface area contributed by atoms with E-state index < -0.39 is 36.3 Å². The van der Waals surface area contributed by atoms with E-state index >= 15 is 0 Å². The standard InChI is InChI=1S/C40H24N4O/c1-7-19-31-25(13-1)26-14-2-8-20-32(26)43(31)35-23-11-5-17-29(35)37-39-38(30-18-6-12-24-36(30)45-39)42-40(41-37)44-33-21-9-3-15-27(33)28-16-4-10-22-34(28)44/h1-24H/i1D,2D,7D,8D,13D,14D,19D,20D. The second kappa shape index (κ2) is 9.15. The lowest BCUT2D eigenvalue weighted by atomic mass is 10.1. The number of furan rings is 1. The van der Waals surface area contributed by atoms with Gasteiger partial charge in [-0.3, -0.25) is 4.57 Å². The molecule has 0 bridgehead atoms. The third-order valence-corrected chi connectivity index (χ3v) is 8.42. The van der Waals surface area contributed by atoms with Crippen molar-refractivity contribution in [1.82, 2.24) is 19.1 Å². The summed E-state index contributed by atoms with van der Waals surface area (Å²) in [6, 6.07) is 27.2. The summed E-state index contributed by atoms with van der Waals surface area (Å²) in [5.41, 5.74) is 4.60. The molecule has 45 heavy (non-hydrogen) atoms. The van der Waals surface area contributed by atoms with Gasteiger partial charge in [0.25, 0.3) is 0 Å². The molecule has 0 aliphatic carbocycles. The predicted octanol–water partition coefficient (Wildman–Crippen LogP) is 10.2. The van der Waals surface area contributed by atoms with Gasteiger partial charge in [0, 0.05) is 32.5 Å². The van der Waals surface area contributed by atoms with E-state index in [0.29, 0.717) is 39.6 Å². The van der Waals surface area contributed by atoms with Gasteiger partial charge in [0.05, 0.1) is 38.7 Å². The summed E-state index contributed by atoms with van der Waals surface area (Å²) in [7, 11) is 0. The first kappa shape index (κ1) is 17.8. The first-order valence-corrected chi connectivity index (χ1v) is 14.5. The Balaban J connectivity index is 1.39. The van der Waals surface area contributed by atoms with Crippen LogP contribution in [0.3, 0.4) is 0 Å². The van der Waals surface area contributed by atoms with E-state index in [1.165, 1.54) is 4.57 Å². The maximum atomic E-state index is 9.08. The molecule has 0 amide bonds. The van der Waals surface area contributed by atoms with E-state index in [9.17, 15) is 0 Å². The van der Waals surface area contributed by atoms with Crippen LogP contribution in [0.15, 0.2) is 150 Å². The molecule has 210 valence electrons. The summed E-state index contributed by atoms with van der Waals surface area (Å²) >= 11 is 0. The minimum atomic E-state index is -0.502. The van der Waals surface area contributed by atoms with E-state index in [-0.39, 0.29) is 33.9 Å². The van der Waals surface area contributed by atoms with Crippen molar-refractivity contribution in [3.63, 3.8) is 0 Å². The number of hydrogen-bond donors (Lipinski definition) is 0. The molecule has 0 atom stereocenters. The third-order valence-electron chi connectivity index (χ3n) is 8.42. The van der Waals surface area contributed by atoms with Gasteiger partial charge in [-0.15, -0.1) is 0 Å². The molecule has 0 saturated heterocycles. The lowest BCUT2D eigenvalue weighted by molar-refractivity contribution is 0.666. The Kier molecular flexibility index (Phi) is 3.62. The fourth-order valence-corrected chi connectivity index (χ4v) is 6.53. The summed E-state index contributed by atoms with van der Waals surface area (Å²) in [6.07, 6.45) is 0. The molecular weight excluding hydrogens is 552 g/mol. The maximum Gasteiger partial charge on any atom is 0.236 e. The highest BCUT2D eigenvalue weighted by molar-refractivity contribution is 6.12. The van der Waals surface area contributed by atoms with Crippen molar-refractivity contribution in [2.24, 2.45) is 0 Å². The van der Waals surface area contributed by atoms with Crippen molar-refractivity contribution in [2.45, 2.75) is 0 Å². The number of fused-ring (bicyclic) bond motifs is 9. The monoisotopic (exact) mass is 584 g/mol. The highest BCUT2D eigenvalue weighted by Gasteiger charge is 2.23. The Morgan fingerprint density at radius 1 is 0.511 bits per heavy atom. The largest absolute Gasteiger partial charge is 0.452 e. The average Bonchev–Trinajstić information content (AvgIpc) is 3.86. The van der Waals surface area contributed by atoms with Gasteiger partial charge in [-0.2, -0.15) is 0 Å². The molecule has 5 heteroatoms. The van der Waals surface area contributed by atoms with Crippen molar-refractivity contribution >= 4 is 65.7 Å². The van der Waals surface area contributed by atoms with Gasteiger partial charge in [0.1, 0.15) is 16.8 Å². The summed E-state index contributed by atoms with van der Waals surface area (Å²) in [6.45, 7) is 0. The van der Waals surface area contributed by atoms with Gasteiger partial charge >= 0.3 is 0 Å². The van der Waals surface area contributed by atoms with Crippen LogP contribution in [0.1, 0.15) is 11.0 Å². The highest BCUT2D eigenvalue weighted by atomic mass is 16.3. The predicted molar refractivity (Wildman–Crippen MR) is 183 cm³/mol. The van der Waals surface area contributed by atoms with Gasteiger partial charge in [-0.05, 0) is 42.4 Å². The number of hydrogen-bond acceptors (Lipinski definition) is 3. The minimum absolute atomic E-state index is 0.00431. The Hall–Kier alpha value is -6.20. The summed E-state index contributed by atoms with van der Waals surface area (Å²) in [4.78, 5) is 10.4. The van der Waals surface area contributed by atoms with Crippen LogP contribution in [0.4, 0.5) is 0 Å². The fourth-order valence-electron chi connectivity index (χ4n) is 6.53. The number of aromatic nitrogens is 4. The van der Waals surface area contributed by atoms with E-state index in [1.807, 2.05) is 77.4 Å². The number of nitrogens with zero attached hydrogens (tertiary/aromatic N) is 4. The molecule has 0 spiro atoms. The summed E-state index contributed by atoms with van der Waals surface area (Å²) < 4.78 is 80.2. The second-order valence-corrected chi connectivity index (χ2v) is 10.8. The summed E-state index contributed by atoms with van der Waals surface area (Å²) in [5.74, 6) is 0.373. The second-order valence-electron chi connectivity index (χ2n) is 10.8. The molecule has 0 aliphatic rings. The van der Waals surface area contributed by atoms with Gasteiger partial charge in [0.2, 0.25) is 5.95 Å². The molecule has 0 N–H and O–H groups in total. The maximum absolute atomic E-state index is 9.08. The van der Waals surface area contributed by atoms with Crippen molar-refractivity contribution in [3.05, 3.63) is 145 Å². The van der Waals surface area contributed by atoms with Crippen LogP contribution in [0.5, 0.6) is 0 Å². The van der Waals surface area contributed by atoms with E-state index in [0.717, 1.165) is 27.2 Å². The number of para-hydroxylation sites is 6. The van der Waals surface area contributed by atoms with Crippen molar-refractivity contribution in [2.75, 3.05) is 0 Å². The average molecular weight is 585 g/mol. The Morgan fingerprint density at radius 3 is 1.80 bits per heavy atom. The first-order valence-electron chi connectivity index (χ1n) is 18.5. The van der Waals surface area contributed by atoms with Crippen LogP contribution in [-0.2, 0) is 0 Å².